The fourth-order valence-electron chi connectivity index (χ4n) is 0.633. The highest BCUT2D eigenvalue weighted by Crippen LogP contribution is 2.19. The van der Waals surface area contributed by atoms with Crippen LogP contribution in [-0.2, 0) is 0 Å². The van der Waals surface area contributed by atoms with Crippen LogP contribution in [0.3, 0.4) is 0 Å². The zero-order chi connectivity index (χ0) is 6.10. The summed E-state index contributed by atoms with van der Waals surface area (Å²) in [6.45, 7) is 0. The molecule has 0 radical (unpaired) electrons. The maximum absolute atomic E-state index is 3.95. The molecule has 0 aromatic carbocycles. The van der Waals surface area contributed by atoms with Crippen molar-refractivity contribution in [2.75, 3.05) is 0 Å². The molecule has 2 heterocycles. The van der Waals surface area contributed by atoms with E-state index in [2.05, 4.69) is 14.6 Å². The first-order valence-electron chi connectivity index (χ1n) is 2.49. The summed E-state index contributed by atoms with van der Waals surface area (Å²) in [6.07, 6.45) is 3.44. The molecule has 0 aromatic rings. The van der Waals surface area contributed by atoms with E-state index in [-0.39, 0.29) is 0 Å². The molecule has 0 saturated carbocycles. The molecule has 9 heavy (non-hydrogen) atoms. The van der Waals surface area contributed by atoms with Crippen molar-refractivity contribution in [3.8, 4) is 10.6 Å². The van der Waals surface area contributed by atoms with Crippen LogP contribution >= 0.6 is 11.5 Å². The Morgan fingerprint density at radius 3 is 3.33 bits per heavy atom. The maximum Gasteiger partial charge on any atom is 0.108 e. The average molecular weight is 137 g/mol. The molecule has 2 aliphatic rings. The number of nitrogens with zero attached hydrogens (tertiary/aromatic N) is 3. The third-order valence-corrected chi connectivity index (χ3v) is 1.78. The van der Waals surface area contributed by atoms with Gasteiger partial charge in [0.05, 0.1) is 11.1 Å². The van der Waals surface area contributed by atoms with E-state index in [1.807, 2.05) is 6.07 Å². The molecule has 0 aromatic heterocycles. The van der Waals surface area contributed by atoms with Gasteiger partial charge in [-0.15, -0.1) is 5.10 Å². The van der Waals surface area contributed by atoms with E-state index in [9.17, 15) is 0 Å². The van der Waals surface area contributed by atoms with Gasteiger partial charge in [0.15, 0.2) is 0 Å². The van der Waals surface area contributed by atoms with E-state index in [0.717, 1.165) is 10.6 Å². The summed E-state index contributed by atoms with van der Waals surface area (Å²) in [4.78, 5) is 1.04. The highest BCUT2D eigenvalue weighted by atomic mass is 32.1. The molecule has 4 heteroatoms. The molecule has 0 spiro atoms. The zero-order valence-electron chi connectivity index (χ0n) is 4.48. The number of rotatable bonds is 0. The molecular formula is C5H3N3S. The van der Waals surface area contributed by atoms with Crippen molar-refractivity contribution < 1.29 is 0 Å². The highest BCUT2D eigenvalue weighted by Gasteiger charge is 2.01. The predicted molar refractivity (Wildman–Crippen MR) is 34.3 cm³/mol. The van der Waals surface area contributed by atoms with Gasteiger partial charge < -0.3 is 0 Å². The summed E-state index contributed by atoms with van der Waals surface area (Å²) in [5.74, 6) is 0. The molecule has 0 N–H and O–H groups in total. The van der Waals surface area contributed by atoms with Gasteiger partial charge >= 0.3 is 0 Å². The van der Waals surface area contributed by atoms with Gasteiger partial charge in [-0.1, -0.05) is 0 Å². The summed E-state index contributed by atoms with van der Waals surface area (Å²) in [7, 11) is 0. The monoisotopic (exact) mass is 137 g/mol. The summed E-state index contributed by atoms with van der Waals surface area (Å²) < 4.78 is 3.95. The topological polar surface area (TPSA) is 38.7 Å². The molecular weight excluding hydrogens is 134 g/mol. The predicted octanol–water partition coefficient (Wildman–Crippen LogP) is 1.04. The SMILES string of the molecule is c1cc2nncc-2sn1. The lowest BCUT2D eigenvalue weighted by molar-refractivity contribution is 1.10. The van der Waals surface area contributed by atoms with Gasteiger partial charge in [-0.05, 0) is 17.6 Å². The van der Waals surface area contributed by atoms with Crippen LogP contribution in [0.15, 0.2) is 18.5 Å². The van der Waals surface area contributed by atoms with Gasteiger partial charge in [0.1, 0.15) is 5.69 Å². The van der Waals surface area contributed by atoms with Crippen molar-refractivity contribution in [2.45, 2.75) is 0 Å². The third kappa shape index (κ3) is 0.675. The third-order valence-electron chi connectivity index (χ3n) is 1.04. The molecule has 0 amide bonds. The zero-order valence-corrected chi connectivity index (χ0v) is 5.30. The van der Waals surface area contributed by atoms with Crippen molar-refractivity contribution >= 4 is 11.5 Å². The lowest BCUT2D eigenvalue weighted by Crippen LogP contribution is -1.71. The quantitative estimate of drug-likeness (QED) is 0.544. The molecule has 0 bridgehead atoms. The number of aromatic nitrogens is 3. The van der Waals surface area contributed by atoms with Crippen LogP contribution in [0.4, 0.5) is 0 Å². The van der Waals surface area contributed by atoms with Crippen molar-refractivity contribution in [3.05, 3.63) is 18.5 Å². The summed E-state index contributed by atoms with van der Waals surface area (Å²) in [5.41, 5.74) is 0.926. The van der Waals surface area contributed by atoms with Crippen LogP contribution in [-0.4, -0.2) is 14.6 Å². The molecule has 3 nitrogen and oxygen atoms in total. The van der Waals surface area contributed by atoms with Crippen molar-refractivity contribution in [1.82, 2.24) is 14.6 Å². The minimum absolute atomic E-state index is 0.926. The second-order valence-corrected chi connectivity index (χ2v) is 2.44. The molecule has 0 unspecified atom stereocenters. The van der Waals surface area contributed by atoms with Crippen LogP contribution in [0.25, 0.3) is 10.6 Å². The number of fused-ring (bicyclic) bond motifs is 1. The Labute approximate surface area is 55.9 Å². The Morgan fingerprint density at radius 1 is 1.44 bits per heavy atom. The molecule has 2 aliphatic heterocycles. The summed E-state index contributed by atoms with van der Waals surface area (Å²) in [6, 6.07) is 1.85. The van der Waals surface area contributed by atoms with Gasteiger partial charge in [-0.3, -0.25) is 0 Å². The number of hydrogen-bond donors (Lipinski definition) is 0. The maximum atomic E-state index is 3.95. The van der Waals surface area contributed by atoms with E-state index in [0.29, 0.717) is 0 Å². The van der Waals surface area contributed by atoms with Crippen LogP contribution in [0.2, 0.25) is 0 Å². The Kier molecular flexibility index (Phi) is 0.927. The van der Waals surface area contributed by atoms with Crippen LogP contribution in [0.1, 0.15) is 0 Å². The smallest absolute Gasteiger partial charge is 0.108 e. The van der Waals surface area contributed by atoms with Gasteiger partial charge in [-0.2, -0.15) is 5.10 Å². The second kappa shape index (κ2) is 1.73. The Balaban J connectivity index is 2.79. The molecule has 0 saturated heterocycles. The van der Waals surface area contributed by atoms with Crippen molar-refractivity contribution in [1.29, 1.82) is 0 Å². The lowest BCUT2D eigenvalue weighted by atomic mass is 10.4. The van der Waals surface area contributed by atoms with E-state index in [1.165, 1.54) is 11.5 Å². The average Bonchev–Trinajstić information content (AvgIpc) is 2.33. The highest BCUT2D eigenvalue weighted by molar-refractivity contribution is 7.09. The van der Waals surface area contributed by atoms with Crippen LogP contribution in [0.5, 0.6) is 0 Å². The lowest BCUT2D eigenvalue weighted by Gasteiger charge is -1.86. The van der Waals surface area contributed by atoms with Crippen LogP contribution in [0, 0.1) is 0 Å². The van der Waals surface area contributed by atoms with E-state index in [4.69, 9.17) is 0 Å². The van der Waals surface area contributed by atoms with Crippen LogP contribution < -0.4 is 0 Å². The normalized spacial score (nSPS) is 10.2. The number of hydrogen-bond acceptors (Lipinski definition) is 4. The fourth-order valence-corrected chi connectivity index (χ4v) is 1.16. The van der Waals surface area contributed by atoms with E-state index >= 15 is 0 Å². The molecule has 0 aliphatic carbocycles. The summed E-state index contributed by atoms with van der Waals surface area (Å²) >= 11 is 1.41. The van der Waals surface area contributed by atoms with E-state index in [1.54, 1.807) is 12.4 Å². The first kappa shape index (κ1) is 4.81. The minimum atomic E-state index is 0.926. The minimum Gasteiger partial charge on any atom is -0.200 e. The first-order chi connectivity index (χ1) is 4.47. The fraction of sp³-hybridized carbons (Fsp3) is 0. The Bertz CT molecular complexity index is 252. The Morgan fingerprint density at radius 2 is 2.44 bits per heavy atom. The van der Waals surface area contributed by atoms with Gasteiger partial charge in [0, 0.05) is 6.20 Å². The Hall–Kier alpha value is -1.03. The molecule has 44 valence electrons. The molecule has 0 fully saturated rings. The first-order valence-corrected chi connectivity index (χ1v) is 3.26. The van der Waals surface area contributed by atoms with Gasteiger partial charge in [0.2, 0.25) is 0 Å². The standard InChI is InChI=1S/C5H3N3S/c1-2-7-9-5-3-6-8-4(1)5/h1-3H. The molecule has 2 rings (SSSR count). The van der Waals surface area contributed by atoms with Gasteiger partial charge in [0.25, 0.3) is 0 Å². The largest absolute Gasteiger partial charge is 0.200 e. The van der Waals surface area contributed by atoms with E-state index < -0.39 is 0 Å². The van der Waals surface area contributed by atoms with Gasteiger partial charge in [-0.25, -0.2) is 4.37 Å². The second-order valence-electron chi connectivity index (χ2n) is 1.61. The molecule has 0 atom stereocenters. The van der Waals surface area contributed by atoms with Crippen molar-refractivity contribution in [3.63, 3.8) is 0 Å². The van der Waals surface area contributed by atoms with Crippen molar-refractivity contribution in [2.24, 2.45) is 0 Å². The summed E-state index contributed by atoms with van der Waals surface area (Å²) in [5, 5.41) is 7.56.